The Morgan fingerprint density at radius 1 is 1.19 bits per heavy atom. The summed E-state index contributed by atoms with van der Waals surface area (Å²) in [5, 5.41) is 10.4. The van der Waals surface area contributed by atoms with Crippen LogP contribution < -0.4 is 0 Å². The monoisotopic (exact) mass is 218 g/mol. The molecule has 1 atom stereocenters. The van der Waals surface area contributed by atoms with Crippen LogP contribution in [0.4, 0.5) is 4.39 Å². The predicted octanol–water partition coefficient (Wildman–Crippen LogP) is 3.24. The zero-order chi connectivity index (χ0) is 11.7. The highest BCUT2D eigenvalue weighted by atomic mass is 19.1. The van der Waals surface area contributed by atoms with E-state index in [0.717, 1.165) is 16.3 Å². The third-order valence-electron chi connectivity index (χ3n) is 2.53. The Balaban J connectivity index is 2.52. The molecule has 82 valence electrons. The minimum atomic E-state index is -1.95. The predicted molar refractivity (Wildman–Crippen MR) is 60.2 cm³/mol. The van der Waals surface area contributed by atoms with E-state index < -0.39 is 12.1 Å². The fraction of sp³-hybridized carbons (Fsp3) is 0.154. The molecule has 2 nitrogen and oxygen atoms in total. The molecular weight excluding hydrogens is 207 g/mol. The molecule has 0 saturated carbocycles. The summed E-state index contributed by atoms with van der Waals surface area (Å²) in [7, 11) is 0. The van der Waals surface area contributed by atoms with Crippen molar-refractivity contribution in [3.05, 3.63) is 47.5 Å². The second-order valence-electron chi connectivity index (χ2n) is 3.81. The van der Waals surface area contributed by atoms with Crippen LogP contribution in [-0.4, -0.2) is 11.1 Å². The molecule has 1 unspecified atom stereocenters. The number of benzene rings is 2. The highest BCUT2D eigenvalue weighted by Crippen LogP contribution is 2.23. The summed E-state index contributed by atoms with van der Waals surface area (Å²) >= 11 is 0. The number of halogens is 1. The van der Waals surface area contributed by atoms with Crippen molar-refractivity contribution in [1.29, 1.82) is 0 Å². The Morgan fingerprint density at radius 3 is 2.50 bits per heavy atom. The molecule has 0 aliphatic rings. The SMILES string of the molecule is Cc1ccc2cc(C(F)C(=O)O)ccc2c1. The zero-order valence-electron chi connectivity index (χ0n) is 8.77. The van der Waals surface area contributed by atoms with Gasteiger partial charge in [0.25, 0.3) is 0 Å². The lowest BCUT2D eigenvalue weighted by atomic mass is 10.0. The van der Waals surface area contributed by atoms with Crippen molar-refractivity contribution in [3.63, 3.8) is 0 Å². The number of carboxylic acid groups (broad SMARTS) is 1. The molecule has 16 heavy (non-hydrogen) atoms. The van der Waals surface area contributed by atoms with Crippen molar-refractivity contribution in [2.24, 2.45) is 0 Å². The molecule has 0 spiro atoms. The molecule has 0 radical (unpaired) electrons. The standard InChI is InChI=1S/C13H11FO2/c1-8-2-3-10-7-11(12(14)13(15)16)5-4-9(10)6-8/h2-7,12H,1H3,(H,15,16). The normalized spacial score (nSPS) is 12.6. The summed E-state index contributed by atoms with van der Waals surface area (Å²) in [6, 6.07) is 10.6. The van der Waals surface area contributed by atoms with Crippen LogP contribution in [0.3, 0.4) is 0 Å². The Bertz CT molecular complexity index is 549. The van der Waals surface area contributed by atoms with Crippen molar-refractivity contribution in [3.8, 4) is 0 Å². The number of rotatable bonds is 2. The van der Waals surface area contributed by atoms with E-state index in [4.69, 9.17) is 5.11 Å². The van der Waals surface area contributed by atoms with Crippen LogP contribution in [0.5, 0.6) is 0 Å². The van der Waals surface area contributed by atoms with E-state index in [0.29, 0.717) is 0 Å². The molecule has 0 bridgehead atoms. The van der Waals surface area contributed by atoms with Gasteiger partial charge in [0.05, 0.1) is 0 Å². The molecule has 2 aromatic rings. The van der Waals surface area contributed by atoms with Gasteiger partial charge in [0, 0.05) is 0 Å². The molecule has 0 aliphatic carbocycles. The van der Waals surface area contributed by atoms with Gasteiger partial charge >= 0.3 is 5.97 Å². The number of alkyl halides is 1. The van der Waals surface area contributed by atoms with Crippen molar-refractivity contribution < 1.29 is 14.3 Å². The summed E-state index contributed by atoms with van der Waals surface area (Å²) in [5.41, 5.74) is 1.30. The Kier molecular flexibility index (Phi) is 2.60. The van der Waals surface area contributed by atoms with E-state index in [1.54, 1.807) is 12.1 Å². The summed E-state index contributed by atoms with van der Waals surface area (Å²) in [6.45, 7) is 1.97. The minimum Gasteiger partial charge on any atom is -0.479 e. The highest BCUT2D eigenvalue weighted by Gasteiger charge is 2.18. The van der Waals surface area contributed by atoms with Gasteiger partial charge in [0.1, 0.15) is 0 Å². The fourth-order valence-corrected chi connectivity index (χ4v) is 1.68. The largest absolute Gasteiger partial charge is 0.479 e. The first-order chi connectivity index (χ1) is 7.58. The molecule has 0 fully saturated rings. The average molecular weight is 218 g/mol. The van der Waals surface area contributed by atoms with Gasteiger partial charge in [-0.25, -0.2) is 9.18 Å². The van der Waals surface area contributed by atoms with E-state index in [2.05, 4.69) is 0 Å². The van der Waals surface area contributed by atoms with Crippen LogP contribution >= 0.6 is 0 Å². The maximum absolute atomic E-state index is 13.3. The van der Waals surface area contributed by atoms with E-state index in [1.807, 2.05) is 25.1 Å². The van der Waals surface area contributed by atoms with Crippen molar-refractivity contribution >= 4 is 16.7 Å². The lowest BCUT2D eigenvalue weighted by Gasteiger charge is -2.05. The lowest BCUT2D eigenvalue weighted by molar-refractivity contribution is -0.143. The molecule has 3 heteroatoms. The van der Waals surface area contributed by atoms with Gasteiger partial charge in [-0.3, -0.25) is 0 Å². The maximum Gasteiger partial charge on any atom is 0.343 e. The molecule has 0 saturated heterocycles. The zero-order valence-corrected chi connectivity index (χ0v) is 8.77. The van der Waals surface area contributed by atoms with E-state index >= 15 is 0 Å². The number of hydrogen-bond donors (Lipinski definition) is 1. The first kappa shape index (κ1) is 10.6. The maximum atomic E-state index is 13.3. The number of hydrogen-bond acceptors (Lipinski definition) is 1. The molecule has 0 aliphatic heterocycles. The molecule has 1 N–H and O–H groups in total. The van der Waals surface area contributed by atoms with Crippen molar-refractivity contribution in [2.45, 2.75) is 13.1 Å². The van der Waals surface area contributed by atoms with Crippen LogP contribution in [0.1, 0.15) is 17.3 Å². The van der Waals surface area contributed by atoms with Gasteiger partial charge < -0.3 is 5.11 Å². The summed E-state index contributed by atoms with van der Waals surface area (Å²) in [6.07, 6.45) is -1.95. The number of carboxylic acids is 1. The highest BCUT2D eigenvalue weighted by molar-refractivity contribution is 5.85. The first-order valence-electron chi connectivity index (χ1n) is 4.95. The summed E-state index contributed by atoms with van der Waals surface area (Å²) in [4.78, 5) is 10.5. The van der Waals surface area contributed by atoms with Gasteiger partial charge in [-0.1, -0.05) is 35.9 Å². The summed E-state index contributed by atoms with van der Waals surface area (Å²) in [5.74, 6) is -1.45. The molecule has 0 heterocycles. The van der Waals surface area contributed by atoms with Gasteiger partial charge in [-0.05, 0) is 29.3 Å². The van der Waals surface area contributed by atoms with Crippen molar-refractivity contribution in [1.82, 2.24) is 0 Å². The third-order valence-corrected chi connectivity index (χ3v) is 2.53. The number of carbonyl (C=O) groups is 1. The molecule has 2 aromatic carbocycles. The number of fused-ring (bicyclic) bond motifs is 1. The molecule has 0 aromatic heterocycles. The Labute approximate surface area is 92.3 Å². The Hall–Kier alpha value is -1.90. The second-order valence-corrected chi connectivity index (χ2v) is 3.81. The second kappa shape index (κ2) is 3.93. The van der Waals surface area contributed by atoms with Gasteiger partial charge in [0.2, 0.25) is 6.17 Å². The minimum absolute atomic E-state index is 0.184. The van der Waals surface area contributed by atoms with Gasteiger partial charge in [-0.2, -0.15) is 0 Å². The van der Waals surface area contributed by atoms with Crippen LogP contribution in [0.2, 0.25) is 0 Å². The van der Waals surface area contributed by atoms with Gasteiger partial charge in [-0.15, -0.1) is 0 Å². The average Bonchev–Trinajstić information content (AvgIpc) is 2.27. The smallest absolute Gasteiger partial charge is 0.343 e. The van der Waals surface area contributed by atoms with Crippen molar-refractivity contribution in [2.75, 3.05) is 0 Å². The van der Waals surface area contributed by atoms with E-state index in [-0.39, 0.29) is 5.56 Å². The lowest BCUT2D eigenvalue weighted by Crippen LogP contribution is -2.05. The molecular formula is C13H11FO2. The number of aryl methyl sites for hydroxylation is 1. The van der Waals surface area contributed by atoms with Crippen LogP contribution in [0.15, 0.2) is 36.4 Å². The number of aliphatic carboxylic acids is 1. The van der Waals surface area contributed by atoms with Crippen LogP contribution in [0, 0.1) is 6.92 Å². The quantitative estimate of drug-likeness (QED) is 0.840. The fourth-order valence-electron chi connectivity index (χ4n) is 1.68. The van der Waals surface area contributed by atoms with Gasteiger partial charge in [0.15, 0.2) is 0 Å². The molecule has 0 amide bonds. The third kappa shape index (κ3) is 1.89. The molecule has 2 rings (SSSR count). The Morgan fingerprint density at radius 2 is 1.81 bits per heavy atom. The van der Waals surface area contributed by atoms with E-state index in [1.165, 1.54) is 6.07 Å². The van der Waals surface area contributed by atoms with E-state index in [9.17, 15) is 9.18 Å². The summed E-state index contributed by atoms with van der Waals surface area (Å²) < 4.78 is 13.3. The topological polar surface area (TPSA) is 37.3 Å². The van der Waals surface area contributed by atoms with Crippen LogP contribution in [-0.2, 0) is 4.79 Å². The van der Waals surface area contributed by atoms with Crippen LogP contribution in [0.25, 0.3) is 10.8 Å². The first-order valence-corrected chi connectivity index (χ1v) is 4.95.